The van der Waals surface area contributed by atoms with Crippen LogP contribution in [0, 0.1) is 6.92 Å². The normalized spacial score (nSPS) is 10.9. The van der Waals surface area contributed by atoms with E-state index in [0.717, 1.165) is 22.5 Å². The van der Waals surface area contributed by atoms with Gasteiger partial charge in [-0.05, 0) is 13.0 Å². The number of aromatic amines is 1. The van der Waals surface area contributed by atoms with Gasteiger partial charge in [-0.15, -0.1) is 0 Å². The molecule has 102 valence electrons. The van der Waals surface area contributed by atoms with Gasteiger partial charge in [0.2, 0.25) is 0 Å². The van der Waals surface area contributed by atoms with Crippen molar-refractivity contribution in [2.45, 2.75) is 6.92 Å². The summed E-state index contributed by atoms with van der Waals surface area (Å²) in [5, 5.41) is 4.16. The number of H-pyrrole nitrogens is 1. The summed E-state index contributed by atoms with van der Waals surface area (Å²) in [6, 6.07) is 7.63. The van der Waals surface area contributed by atoms with E-state index < -0.39 is 0 Å². The van der Waals surface area contributed by atoms with E-state index in [1.807, 2.05) is 31.2 Å². The van der Waals surface area contributed by atoms with Crippen LogP contribution >= 0.6 is 0 Å². The molecule has 3 rings (SSSR count). The quantitative estimate of drug-likeness (QED) is 0.739. The van der Waals surface area contributed by atoms with Crippen molar-refractivity contribution in [1.29, 1.82) is 0 Å². The van der Waals surface area contributed by atoms with Gasteiger partial charge in [0, 0.05) is 30.1 Å². The van der Waals surface area contributed by atoms with Crippen LogP contribution in [0.25, 0.3) is 16.8 Å². The molecule has 2 heterocycles. The van der Waals surface area contributed by atoms with Gasteiger partial charge in [0.05, 0.1) is 11.9 Å². The Balaban J connectivity index is 2.30. The second kappa shape index (κ2) is 4.41. The molecule has 2 aromatic heterocycles. The molecule has 1 aromatic carbocycles. The zero-order chi connectivity index (χ0) is 14.3. The molecule has 3 N–H and O–H groups in total. The van der Waals surface area contributed by atoms with Crippen LogP contribution in [-0.4, -0.2) is 19.3 Å². The molecule has 0 atom stereocenters. The van der Waals surface area contributed by atoms with Crippen molar-refractivity contribution in [3.8, 4) is 16.8 Å². The highest BCUT2D eigenvalue weighted by Crippen LogP contribution is 2.30. The highest BCUT2D eigenvalue weighted by Gasteiger charge is 2.14. The van der Waals surface area contributed by atoms with Crippen LogP contribution in [0.4, 0.5) is 5.82 Å². The molecule has 6 heteroatoms. The van der Waals surface area contributed by atoms with Crippen molar-refractivity contribution in [1.82, 2.24) is 19.3 Å². The zero-order valence-corrected chi connectivity index (χ0v) is 11.3. The number of nitrogens with two attached hydrogens (primary N) is 1. The van der Waals surface area contributed by atoms with Crippen LogP contribution in [0.1, 0.15) is 5.69 Å². The topological polar surface area (TPSA) is 81.6 Å². The van der Waals surface area contributed by atoms with Gasteiger partial charge in [0.25, 0.3) is 0 Å². The average molecular weight is 269 g/mol. The minimum Gasteiger partial charge on any atom is -0.383 e. The Hall–Kier alpha value is -2.76. The Labute approximate surface area is 115 Å². The van der Waals surface area contributed by atoms with Crippen LogP contribution in [0.3, 0.4) is 0 Å². The monoisotopic (exact) mass is 269 g/mol. The Morgan fingerprint density at radius 2 is 2.00 bits per heavy atom. The predicted octanol–water partition coefficient (Wildman–Crippen LogP) is 1.46. The minimum absolute atomic E-state index is 0.169. The van der Waals surface area contributed by atoms with E-state index in [0.29, 0.717) is 5.82 Å². The fraction of sp³-hybridized carbons (Fsp3) is 0.143. The van der Waals surface area contributed by atoms with E-state index in [2.05, 4.69) is 10.1 Å². The molecule has 0 unspecified atom stereocenters. The molecule has 0 spiro atoms. The maximum absolute atomic E-state index is 12.0. The summed E-state index contributed by atoms with van der Waals surface area (Å²) in [5.41, 5.74) is 9.19. The zero-order valence-electron chi connectivity index (χ0n) is 11.3. The number of nitrogen functional groups attached to an aromatic ring is 1. The number of nitrogens with one attached hydrogen (secondary N) is 1. The lowest BCUT2D eigenvalue weighted by atomic mass is 10.1. The summed E-state index contributed by atoms with van der Waals surface area (Å²) in [5.74, 6) is 0.568. The second-order valence-corrected chi connectivity index (χ2v) is 4.65. The summed E-state index contributed by atoms with van der Waals surface area (Å²) < 4.78 is 3.24. The second-order valence-electron chi connectivity index (χ2n) is 4.65. The standard InChI is InChI=1S/C14H15N5O/c1-9-7-16-14(20)19(9)12-6-4-3-5-10(12)11-8-17-18(2)13(11)15/h3-8H,15H2,1-2H3,(H,16,20). The first-order valence-corrected chi connectivity index (χ1v) is 6.24. The first kappa shape index (κ1) is 12.3. The summed E-state index contributed by atoms with van der Waals surface area (Å²) in [6.07, 6.45) is 3.40. The summed E-state index contributed by atoms with van der Waals surface area (Å²) in [4.78, 5) is 14.7. The number of rotatable bonds is 2. The molecule has 0 amide bonds. The maximum atomic E-state index is 12.0. The number of anilines is 1. The fourth-order valence-corrected chi connectivity index (χ4v) is 2.31. The SMILES string of the molecule is Cc1c[nH]c(=O)n1-c1ccccc1-c1cnn(C)c1N. The van der Waals surface area contributed by atoms with Gasteiger partial charge in [-0.2, -0.15) is 5.10 Å². The molecular weight excluding hydrogens is 254 g/mol. The molecular formula is C14H15N5O. The Morgan fingerprint density at radius 1 is 1.25 bits per heavy atom. The van der Waals surface area contributed by atoms with Crippen molar-refractivity contribution in [3.05, 3.63) is 52.8 Å². The minimum atomic E-state index is -0.169. The number of benzene rings is 1. The highest BCUT2D eigenvalue weighted by atomic mass is 16.1. The molecule has 0 fully saturated rings. The molecule has 3 aromatic rings. The van der Waals surface area contributed by atoms with Crippen molar-refractivity contribution in [2.24, 2.45) is 7.05 Å². The largest absolute Gasteiger partial charge is 0.383 e. The molecule has 0 saturated heterocycles. The smallest absolute Gasteiger partial charge is 0.330 e. The van der Waals surface area contributed by atoms with E-state index in [-0.39, 0.29) is 5.69 Å². The van der Waals surface area contributed by atoms with Gasteiger partial charge in [0.15, 0.2) is 0 Å². The van der Waals surface area contributed by atoms with Gasteiger partial charge in [-0.1, -0.05) is 18.2 Å². The number of para-hydroxylation sites is 1. The molecule has 6 nitrogen and oxygen atoms in total. The van der Waals surface area contributed by atoms with E-state index in [1.54, 1.807) is 28.7 Å². The Kier molecular flexibility index (Phi) is 2.71. The third-order valence-corrected chi connectivity index (χ3v) is 3.38. The molecule has 0 bridgehead atoms. The lowest BCUT2D eigenvalue weighted by Gasteiger charge is -2.10. The van der Waals surface area contributed by atoms with Crippen molar-refractivity contribution in [3.63, 3.8) is 0 Å². The molecule has 0 aliphatic heterocycles. The van der Waals surface area contributed by atoms with Gasteiger partial charge in [-0.25, -0.2) is 4.79 Å². The number of imidazole rings is 1. The number of hydrogen-bond donors (Lipinski definition) is 2. The number of aryl methyl sites for hydroxylation is 2. The Bertz CT molecular complexity index is 824. The molecule has 0 saturated carbocycles. The Morgan fingerprint density at radius 3 is 2.60 bits per heavy atom. The first-order chi connectivity index (χ1) is 9.59. The van der Waals surface area contributed by atoms with E-state index in [9.17, 15) is 4.79 Å². The molecule has 0 aliphatic carbocycles. The fourth-order valence-electron chi connectivity index (χ4n) is 2.31. The summed E-state index contributed by atoms with van der Waals surface area (Å²) >= 11 is 0. The third kappa shape index (κ3) is 1.73. The van der Waals surface area contributed by atoms with Gasteiger partial charge < -0.3 is 10.7 Å². The molecule has 20 heavy (non-hydrogen) atoms. The van der Waals surface area contributed by atoms with Crippen molar-refractivity contribution >= 4 is 5.82 Å². The van der Waals surface area contributed by atoms with Crippen molar-refractivity contribution in [2.75, 3.05) is 5.73 Å². The van der Waals surface area contributed by atoms with Gasteiger partial charge in [0.1, 0.15) is 5.82 Å². The van der Waals surface area contributed by atoms with Crippen molar-refractivity contribution < 1.29 is 0 Å². The summed E-state index contributed by atoms with van der Waals surface area (Å²) in [6.45, 7) is 1.88. The van der Waals surface area contributed by atoms with Crippen LogP contribution < -0.4 is 11.4 Å². The molecule has 0 aliphatic rings. The van der Waals surface area contributed by atoms with Gasteiger partial charge >= 0.3 is 5.69 Å². The average Bonchev–Trinajstić information content (AvgIpc) is 2.94. The van der Waals surface area contributed by atoms with E-state index in [4.69, 9.17) is 5.73 Å². The van der Waals surface area contributed by atoms with Crippen LogP contribution in [0.15, 0.2) is 41.5 Å². The lowest BCUT2D eigenvalue weighted by molar-refractivity contribution is 0.779. The number of nitrogens with zero attached hydrogens (tertiary/aromatic N) is 3. The number of aromatic nitrogens is 4. The van der Waals surface area contributed by atoms with Crippen LogP contribution in [0.2, 0.25) is 0 Å². The van der Waals surface area contributed by atoms with Crippen LogP contribution in [0.5, 0.6) is 0 Å². The summed E-state index contributed by atoms with van der Waals surface area (Å²) in [7, 11) is 1.79. The number of hydrogen-bond acceptors (Lipinski definition) is 3. The first-order valence-electron chi connectivity index (χ1n) is 6.24. The lowest BCUT2D eigenvalue weighted by Crippen LogP contribution is -2.16. The van der Waals surface area contributed by atoms with E-state index >= 15 is 0 Å². The maximum Gasteiger partial charge on any atom is 0.330 e. The van der Waals surface area contributed by atoms with Crippen LogP contribution in [-0.2, 0) is 7.05 Å². The highest BCUT2D eigenvalue weighted by molar-refractivity contribution is 5.80. The van der Waals surface area contributed by atoms with Gasteiger partial charge in [-0.3, -0.25) is 9.25 Å². The van der Waals surface area contributed by atoms with E-state index in [1.165, 1.54) is 0 Å². The predicted molar refractivity (Wildman–Crippen MR) is 77.7 cm³/mol. The molecule has 0 radical (unpaired) electrons. The third-order valence-electron chi connectivity index (χ3n) is 3.38.